The van der Waals surface area contributed by atoms with Crippen LogP contribution < -0.4 is 9.47 Å². The van der Waals surface area contributed by atoms with Gasteiger partial charge in [0.2, 0.25) is 0 Å². The summed E-state index contributed by atoms with van der Waals surface area (Å²) in [6.45, 7) is 4.03. The minimum atomic E-state index is -0.699. The van der Waals surface area contributed by atoms with E-state index in [0.717, 1.165) is 26.7 Å². The summed E-state index contributed by atoms with van der Waals surface area (Å²) in [6.07, 6.45) is -0.699. The molecule has 21 heavy (non-hydrogen) atoms. The van der Waals surface area contributed by atoms with Crippen LogP contribution in [0.5, 0.6) is 11.5 Å². The van der Waals surface area contributed by atoms with Crippen molar-refractivity contribution >= 4 is 15.9 Å². The van der Waals surface area contributed by atoms with Gasteiger partial charge in [-0.3, -0.25) is 0 Å². The third-order valence-electron chi connectivity index (χ3n) is 3.50. The highest BCUT2D eigenvalue weighted by molar-refractivity contribution is 9.10. The molecular weight excluding hydrogens is 332 g/mol. The average molecular weight is 351 g/mol. The molecule has 4 heteroatoms. The molecule has 2 aromatic rings. The zero-order valence-corrected chi connectivity index (χ0v) is 14.2. The lowest BCUT2D eigenvalue weighted by Crippen LogP contribution is -2.02. The first-order valence-corrected chi connectivity index (χ1v) is 7.44. The van der Waals surface area contributed by atoms with E-state index in [1.54, 1.807) is 26.4 Å². The first-order valence-electron chi connectivity index (χ1n) is 6.64. The Hall–Kier alpha value is -1.52. The number of aryl methyl sites for hydroxylation is 2. The van der Waals surface area contributed by atoms with Crippen LogP contribution in [0.1, 0.15) is 28.4 Å². The molecule has 1 atom stereocenters. The van der Waals surface area contributed by atoms with Crippen LogP contribution >= 0.6 is 15.9 Å². The summed E-state index contributed by atoms with van der Waals surface area (Å²) in [6, 6.07) is 9.42. The molecule has 0 saturated heterocycles. The van der Waals surface area contributed by atoms with Crippen LogP contribution in [0.4, 0.5) is 0 Å². The molecular formula is C17H19BrO3. The Morgan fingerprint density at radius 1 is 0.905 bits per heavy atom. The molecule has 2 aromatic carbocycles. The van der Waals surface area contributed by atoms with Crippen molar-refractivity contribution in [2.45, 2.75) is 20.0 Å². The van der Waals surface area contributed by atoms with Gasteiger partial charge in [-0.1, -0.05) is 34.1 Å². The Kier molecular flexibility index (Phi) is 4.91. The van der Waals surface area contributed by atoms with Crippen molar-refractivity contribution in [3.05, 3.63) is 57.1 Å². The Morgan fingerprint density at radius 2 is 1.48 bits per heavy atom. The van der Waals surface area contributed by atoms with E-state index in [2.05, 4.69) is 15.9 Å². The summed E-state index contributed by atoms with van der Waals surface area (Å²) >= 11 is 3.54. The van der Waals surface area contributed by atoms with Crippen LogP contribution in [0.3, 0.4) is 0 Å². The molecule has 0 aliphatic heterocycles. The highest BCUT2D eigenvalue weighted by Gasteiger charge is 2.15. The van der Waals surface area contributed by atoms with Gasteiger partial charge in [-0.05, 0) is 48.2 Å². The minimum absolute atomic E-state index is 0.611. The van der Waals surface area contributed by atoms with Crippen molar-refractivity contribution in [2.75, 3.05) is 14.2 Å². The second kappa shape index (κ2) is 6.50. The normalized spacial score (nSPS) is 12.1. The number of aliphatic hydroxyl groups is 1. The first kappa shape index (κ1) is 15.9. The van der Waals surface area contributed by atoms with Gasteiger partial charge >= 0.3 is 0 Å². The van der Waals surface area contributed by atoms with E-state index in [1.807, 2.05) is 32.0 Å². The second-order valence-corrected chi connectivity index (χ2v) is 5.78. The van der Waals surface area contributed by atoms with Crippen LogP contribution in [0.25, 0.3) is 0 Å². The molecule has 1 unspecified atom stereocenters. The fourth-order valence-electron chi connectivity index (χ4n) is 2.35. The molecule has 0 aliphatic rings. The number of aliphatic hydroxyl groups excluding tert-OH is 1. The highest BCUT2D eigenvalue weighted by Crippen LogP contribution is 2.33. The number of hydrogen-bond donors (Lipinski definition) is 1. The molecule has 0 bridgehead atoms. The number of rotatable bonds is 4. The molecule has 2 rings (SSSR count). The lowest BCUT2D eigenvalue weighted by atomic mass is 9.97. The first-order chi connectivity index (χ1) is 9.97. The van der Waals surface area contributed by atoms with Gasteiger partial charge in [0.1, 0.15) is 6.10 Å². The SMILES string of the molecule is COc1ccc(C(O)c2cc(C)c(Br)c(C)c2)cc1OC. The number of methoxy groups -OCH3 is 2. The van der Waals surface area contributed by atoms with Crippen LogP contribution in [-0.4, -0.2) is 19.3 Å². The van der Waals surface area contributed by atoms with Gasteiger partial charge in [-0.2, -0.15) is 0 Å². The molecule has 0 spiro atoms. The van der Waals surface area contributed by atoms with Crippen molar-refractivity contribution in [2.24, 2.45) is 0 Å². The third-order valence-corrected chi connectivity index (χ3v) is 4.75. The standard InChI is InChI=1S/C17H19BrO3/c1-10-7-13(8-11(2)16(10)18)17(19)12-5-6-14(20-3)15(9-12)21-4/h5-9,17,19H,1-4H3. The van der Waals surface area contributed by atoms with Gasteiger partial charge < -0.3 is 14.6 Å². The monoisotopic (exact) mass is 350 g/mol. The Balaban J connectivity index is 2.42. The highest BCUT2D eigenvalue weighted by atomic mass is 79.9. The zero-order valence-electron chi connectivity index (χ0n) is 12.6. The maximum absolute atomic E-state index is 10.6. The van der Waals surface area contributed by atoms with Gasteiger partial charge in [-0.25, -0.2) is 0 Å². The quantitative estimate of drug-likeness (QED) is 0.899. The van der Waals surface area contributed by atoms with Gasteiger partial charge in [0.05, 0.1) is 14.2 Å². The molecule has 0 radical (unpaired) electrons. The molecule has 0 fully saturated rings. The van der Waals surface area contributed by atoms with Crippen LogP contribution in [0.15, 0.2) is 34.8 Å². The lowest BCUT2D eigenvalue weighted by Gasteiger charge is -2.16. The number of benzene rings is 2. The van der Waals surface area contributed by atoms with Gasteiger partial charge in [-0.15, -0.1) is 0 Å². The number of hydrogen-bond acceptors (Lipinski definition) is 3. The molecule has 0 aliphatic carbocycles. The van der Waals surface area contributed by atoms with E-state index in [1.165, 1.54) is 0 Å². The van der Waals surface area contributed by atoms with Crippen LogP contribution in [0, 0.1) is 13.8 Å². The smallest absolute Gasteiger partial charge is 0.161 e. The maximum Gasteiger partial charge on any atom is 0.161 e. The third kappa shape index (κ3) is 3.22. The van der Waals surface area contributed by atoms with Crippen LogP contribution in [0.2, 0.25) is 0 Å². The van der Waals surface area contributed by atoms with Crippen molar-refractivity contribution in [3.8, 4) is 11.5 Å². The zero-order chi connectivity index (χ0) is 15.6. The predicted molar refractivity (Wildman–Crippen MR) is 87.2 cm³/mol. The minimum Gasteiger partial charge on any atom is -0.493 e. The summed E-state index contributed by atoms with van der Waals surface area (Å²) in [5, 5.41) is 10.6. The Bertz CT molecular complexity index is 629. The van der Waals surface area contributed by atoms with E-state index in [4.69, 9.17) is 9.47 Å². The van der Waals surface area contributed by atoms with E-state index >= 15 is 0 Å². The van der Waals surface area contributed by atoms with Crippen molar-refractivity contribution in [3.63, 3.8) is 0 Å². The van der Waals surface area contributed by atoms with E-state index in [0.29, 0.717) is 11.5 Å². The second-order valence-electron chi connectivity index (χ2n) is 4.99. The Morgan fingerprint density at radius 3 is 2.00 bits per heavy atom. The average Bonchev–Trinajstić information content (AvgIpc) is 2.50. The van der Waals surface area contributed by atoms with Crippen molar-refractivity contribution in [1.29, 1.82) is 0 Å². The van der Waals surface area contributed by atoms with Crippen LogP contribution in [-0.2, 0) is 0 Å². The number of halogens is 1. The van der Waals surface area contributed by atoms with E-state index < -0.39 is 6.10 Å². The lowest BCUT2D eigenvalue weighted by molar-refractivity contribution is 0.219. The summed E-state index contributed by atoms with van der Waals surface area (Å²) in [5.74, 6) is 1.26. The molecule has 0 aromatic heterocycles. The molecule has 112 valence electrons. The van der Waals surface area contributed by atoms with Gasteiger partial charge in [0.25, 0.3) is 0 Å². The molecule has 0 heterocycles. The predicted octanol–water partition coefficient (Wildman–Crippen LogP) is 4.16. The molecule has 1 N–H and O–H groups in total. The van der Waals surface area contributed by atoms with Gasteiger partial charge in [0.15, 0.2) is 11.5 Å². The Labute approximate surface area is 133 Å². The fourth-order valence-corrected chi connectivity index (χ4v) is 2.58. The summed E-state index contributed by atoms with van der Waals surface area (Å²) < 4.78 is 11.6. The van der Waals surface area contributed by atoms with Crippen molar-refractivity contribution < 1.29 is 14.6 Å². The largest absolute Gasteiger partial charge is 0.493 e. The topological polar surface area (TPSA) is 38.7 Å². The van der Waals surface area contributed by atoms with E-state index in [-0.39, 0.29) is 0 Å². The summed E-state index contributed by atoms with van der Waals surface area (Å²) in [7, 11) is 3.18. The van der Waals surface area contributed by atoms with E-state index in [9.17, 15) is 5.11 Å². The molecule has 3 nitrogen and oxygen atoms in total. The molecule has 0 saturated carbocycles. The number of ether oxygens (including phenoxy) is 2. The summed E-state index contributed by atoms with van der Waals surface area (Å²) in [5.41, 5.74) is 3.84. The fraction of sp³-hybridized carbons (Fsp3) is 0.294. The van der Waals surface area contributed by atoms with Gasteiger partial charge in [0, 0.05) is 4.47 Å². The molecule has 0 amide bonds. The maximum atomic E-state index is 10.6. The summed E-state index contributed by atoms with van der Waals surface area (Å²) in [4.78, 5) is 0. The van der Waals surface area contributed by atoms with Crippen molar-refractivity contribution in [1.82, 2.24) is 0 Å².